The van der Waals surface area contributed by atoms with E-state index >= 15 is 0 Å². The maximum atomic E-state index is 3.60. The molecule has 2 heteroatoms. The molecule has 0 aromatic carbocycles. The van der Waals surface area contributed by atoms with Gasteiger partial charge in [0.2, 0.25) is 0 Å². The lowest BCUT2D eigenvalue weighted by atomic mass is 10.1. The van der Waals surface area contributed by atoms with Gasteiger partial charge in [0.05, 0.1) is 0 Å². The van der Waals surface area contributed by atoms with Crippen molar-refractivity contribution in [3.05, 3.63) is 0 Å². The predicted molar refractivity (Wildman–Crippen MR) is 43.9 cm³/mol. The van der Waals surface area contributed by atoms with Gasteiger partial charge in [0.1, 0.15) is 0 Å². The van der Waals surface area contributed by atoms with Gasteiger partial charge in [0, 0.05) is 10.2 Å². The summed E-state index contributed by atoms with van der Waals surface area (Å²) < 4.78 is 0. The van der Waals surface area contributed by atoms with Gasteiger partial charge in [-0.1, -0.05) is 31.9 Å². The standard InChI is InChI=1S/C6H10Br2/c7-4-5-1-2-6(8)3-5/h5-6H,1-4H2. The van der Waals surface area contributed by atoms with Crippen LogP contribution in [0.1, 0.15) is 19.3 Å². The molecule has 1 aliphatic rings. The van der Waals surface area contributed by atoms with E-state index in [-0.39, 0.29) is 0 Å². The Kier molecular flexibility index (Phi) is 2.84. The van der Waals surface area contributed by atoms with Crippen molar-refractivity contribution < 1.29 is 0 Å². The third-order valence-electron chi connectivity index (χ3n) is 1.70. The third kappa shape index (κ3) is 1.73. The first kappa shape index (κ1) is 7.07. The Morgan fingerprint density at radius 3 is 2.38 bits per heavy atom. The van der Waals surface area contributed by atoms with Crippen molar-refractivity contribution in [1.29, 1.82) is 0 Å². The fourth-order valence-corrected chi connectivity index (χ4v) is 2.54. The molecule has 0 N–H and O–H groups in total. The quantitative estimate of drug-likeness (QED) is 0.620. The Morgan fingerprint density at radius 2 is 2.12 bits per heavy atom. The third-order valence-corrected chi connectivity index (χ3v) is 3.44. The molecule has 0 aliphatic heterocycles. The summed E-state index contributed by atoms with van der Waals surface area (Å²) in [6, 6.07) is 0. The van der Waals surface area contributed by atoms with Crippen LogP contribution in [0.25, 0.3) is 0 Å². The van der Waals surface area contributed by atoms with E-state index in [2.05, 4.69) is 31.9 Å². The lowest BCUT2D eigenvalue weighted by Gasteiger charge is -2.00. The van der Waals surface area contributed by atoms with E-state index in [0.29, 0.717) is 0 Å². The predicted octanol–water partition coefficient (Wildman–Crippen LogP) is 2.94. The van der Waals surface area contributed by atoms with Crippen LogP contribution >= 0.6 is 31.9 Å². The van der Waals surface area contributed by atoms with Crippen LogP contribution in [-0.4, -0.2) is 10.2 Å². The first-order chi connectivity index (χ1) is 3.83. The van der Waals surface area contributed by atoms with E-state index in [1.807, 2.05) is 0 Å². The Balaban J connectivity index is 2.22. The highest BCUT2D eigenvalue weighted by Crippen LogP contribution is 2.31. The highest BCUT2D eigenvalue weighted by molar-refractivity contribution is 9.09. The molecule has 8 heavy (non-hydrogen) atoms. The molecule has 48 valence electrons. The Hall–Kier alpha value is 0.960. The first-order valence-electron chi connectivity index (χ1n) is 3.03. The van der Waals surface area contributed by atoms with Crippen molar-refractivity contribution in [3.8, 4) is 0 Å². The molecule has 0 bridgehead atoms. The molecular formula is C6H10Br2. The monoisotopic (exact) mass is 240 g/mol. The number of halogens is 2. The highest BCUT2D eigenvalue weighted by atomic mass is 79.9. The maximum Gasteiger partial charge on any atom is 0.0148 e. The number of hydrogen-bond acceptors (Lipinski definition) is 0. The summed E-state index contributed by atoms with van der Waals surface area (Å²) in [6.07, 6.45) is 4.14. The largest absolute Gasteiger partial charge is 0.0925 e. The number of rotatable bonds is 1. The van der Waals surface area contributed by atoms with Gasteiger partial charge in [0.25, 0.3) is 0 Å². The van der Waals surface area contributed by atoms with Gasteiger partial charge in [-0.05, 0) is 25.2 Å². The topological polar surface area (TPSA) is 0 Å². The van der Waals surface area contributed by atoms with E-state index in [0.717, 1.165) is 10.7 Å². The first-order valence-corrected chi connectivity index (χ1v) is 5.06. The van der Waals surface area contributed by atoms with Crippen LogP contribution in [0.5, 0.6) is 0 Å². The van der Waals surface area contributed by atoms with Crippen LogP contribution in [-0.2, 0) is 0 Å². The maximum absolute atomic E-state index is 3.60. The summed E-state index contributed by atoms with van der Waals surface area (Å²) in [5.41, 5.74) is 0. The van der Waals surface area contributed by atoms with E-state index in [1.54, 1.807) is 0 Å². The Morgan fingerprint density at radius 1 is 1.38 bits per heavy atom. The van der Waals surface area contributed by atoms with E-state index in [1.165, 1.54) is 24.6 Å². The molecule has 1 saturated carbocycles. The zero-order chi connectivity index (χ0) is 5.98. The smallest absolute Gasteiger partial charge is 0.0148 e. The minimum atomic E-state index is 0.810. The fraction of sp³-hybridized carbons (Fsp3) is 1.00. The zero-order valence-corrected chi connectivity index (χ0v) is 7.91. The van der Waals surface area contributed by atoms with Crippen molar-refractivity contribution in [2.75, 3.05) is 5.33 Å². The average molecular weight is 242 g/mol. The molecule has 0 aromatic heterocycles. The van der Waals surface area contributed by atoms with Crippen LogP contribution < -0.4 is 0 Å². The lowest BCUT2D eigenvalue weighted by molar-refractivity contribution is 0.629. The molecule has 0 radical (unpaired) electrons. The Labute approximate surface area is 67.3 Å². The number of hydrogen-bond donors (Lipinski definition) is 0. The molecular weight excluding hydrogens is 232 g/mol. The molecule has 0 saturated heterocycles. The summed E-state index contributed by atoms with van der Waals surface area (Å²) >= 11 is 7.08. The second-order valence-corrected chi connectivity index (χ2v) is 4.37. The minimum absolute atomic E-state index is 0.810. The summed E-state index contributed by atoms with van der Waals surface area (Å²) in [5, 5.41) is 1.19. The van der Waals surface area contributed by atoms with Gasteiger partial charge in [-0.2, -0.15) is 0 Å². The molecule has 1 fully saturated rings. The molecule has 0 heterocycles. The van der Waals surface area contributed by atoms with Crippen molar-refractivity contribution >= 4 is 31.9 Å². The lowest BCUT2D eigenvalue weighted by Crippen LogP contribution is -1.94. The van der Waals surface area contributed by atoms with E-state index in [4.69, 9.17) is 0 Å². The van der Waals surface area contributed by atoms with Crippen molar-refractivity contribution in [1.82, 2.24) is 0 Å². The van der Waals surface area contributed by atoms with E-state index < -0.39 is 0 Å². The molecule has 2 unspecified atom stereocenters. The molecule has 0 spiro atoms. The Bertz CT molecular complexity index is 72.9. The fourth-order valence-electron chi connectivity index (χ4n) is 1.15. The second-order valence-electron chi connectivity index (χ2n) is 2.43. The minimum Gasteiger partial charge on any atom is -0.0925 e. The molecule has 0 amide bonds. The van der Waals surface area contributed by atoms with Crippen molar-refractivity contribution in [2.24, 2.45) is 5.92 Å². The second kappa shape index (κ2) is 3.21. The summed E-state index contributed by atoms with van der Waals surface area (Å²) in [5.74, 6) is 0.944. The summed E-state index contributed by atoms with van der Waals surface area (Å²) in [6.45, 7) is 0. The zero-order valence-electron chi connectivity index (χ0n) is 4.74. The van der Waals surface area contributed by atoms with Crippen LogP contribution in [0, 0.1) is 5.92 Å². The van der Waals surface area contributed by atoms with Gasteiger partial charge in [-0.3, -0.25) is 0 Å². The van der Waals surface area contributed by atoms with Crippen LogP contribution in [0.3, 0.4) is 0 Å². The van der Waals surface area contributed by atoms with Gasteiger partial charge >= 0.3 is 0 Å². The van der Waals surface area contributed by atoms with Crippen LogP contribution in [0.2, 0.25) is 0 Å². The van der Waals surface area contributed by atoms with Gasteiger partial charge in [-0.25, -0.2) is 0 Å². The van der Waals surface area contributed by atoms with Crippen molar-refractivity contribution in [3.63, 3.8) is 0 Å². The molecule has 1 rings (SSSR count). The summed E-state index contributed by atoms with van der Waals surface area (Å²) in [4.78, 5) is 0.810. The van der Waals surface area contributed by atoms with Crippen LogP contribution in [0.15, 0.2) is 0 Å². The number of alkyl halides is 2. The van der Waals surface area contributed by atoms with Crippen molar-refractivity contribution in [2.45, 2.75) is 24.1 Å². The van der Waals surface area contributed by atoms with Gasteiger partial charge < -0.3 is 0 Å². The van der Waals surface area contributed by atoms with Crippen LogP contribution in [0.4, 0.5) is 0 Å². The molecule has 1 aliphatic carbocycles. The van der Waals surface area contributed by atoms with Gasteiger partial charge in [-0.15, -0.1) is 0 Å². The normalized spacial score (nSPS) is 38.2. The average Bonchev–Trinajstić information content (AvgIpc) is 2.14. The van der Waals surface area contributed by atoms with E-state index in [9.17, 15) is 0 Å². The molecule has 2 atom stereocenters. The molecule has 0 nitrogen and oxygen atoms in total. The SMILES string of the molecule is BrCC1CCC(Br)C1. The highest BCUT2D eigenvalue weighted by Gasteiger charge is 2.20. The molecule has 0 aromatic rings. The summed E-state index contributed by atoms with van der Waals surface area (Å²) in [7, 11) is 0. The van der Waals surface area contributed by atoms with Gasteiger partial charge in [0.15, 0.2) is 0 Å².